The van der Waals surface area contributed by atoms with Gasteiger partial charge in [0.25, 0.3) is 0 Å². The van der Waals surface area contributed by atoms with E-state index in [9.17, 15) is 13.2 Å². The second-order valence-electron chi connectivity index (χ2n) is 2.70. The van der Waals surface area contributed by atoms with Crippen LogP contribution in [-0.4, -0.2) is 23.9 Å². The van der Waals surface area contributed by atoms with Crippen molar-refractivity contribution >= 4 is 0 Å². The zero-order chi connectivity index (χ0) is 9.78. The van der Waals surface area contributed by atoms with E-state index >= 15 is 0 Å². The summed E-state index contributed by atoms with van der Waals surface area (Å²) in [6, 6.07) is 0. The monoisotopic (exact) mass is 185 g/mol. The van der Waals surface area contributed by atoms with Gasteiger partial charge in [-0.15, -0.1) is 0 Å². The van der Waals surface area contributed by atoms with E-state index in [0.29, 0.717) is 0 Å². The van der Waals surface area contributed by atoms with Crippen molar-refractivity contribution in [1.82, 2.24) is 0 Å². The van der Waals surface area contributed by atoms with Gasteiger partial charge in [-0.2, -0.15) is 13.2 Å². The summed E-state index contributed by atoms with van der Waals surface area (Å²) in [6.07, 6.45) is -5.79. The normalized spacial score (nSPS) is 17.5. The third kappa shape index (κ3) is 3.40. The van der Waals surface area contributed by atoms with Crippen molar-refractivity contribution < 1.29 is 18.3 Å². The van der Waals surface area contributed by atoms with Crippen molar-refractivity contribution in [1.29, 1.82) is 0 Å². The first-order chi connectivity index (χ1) is 5.43. The highest BCUT2D eigenvalue weighted by Gasteiger charge is 2.42. The highest BCUT2D eigenvalue weighted by molar-refractivity contribution is 4.74. The number of nitrogens with two attached hydrogens (primary N) is 1. The number of hydrogen-bond donors (Lipinski definition) is 2. The molecule has 0 saturated heterocycles. The van der Waals surface area contributed by atoms with Gasteiger partial charge in [0.15, 0.2) is 0 Å². The van der Waals surface area contributed by atoms with E-state index in [4.69, 9.17) is 10.8 Å². The fraction of sp³-hybridized carbons (Fsp3) is 1.00. The molecule has 0 bridgehead atoms. The molecule has 0 amide bonds. The molecule has 12 heavy (non-hydrogen) atoms. The maximum atomic E-state index is 12.1. The maximum Gasteiger partial charge on any atom is 0.394 e. The Bertz CT molecular complexity index is 126. The Balaban J connectivity index is 4.14. The molecule has 0 saturated carbocycles. The Labute approximate surface area is 69.6 Å². The number of aliphatic hydroxyl groups excluding tert-OH is 1. The summed E-state index contributed by atoms with van der Waals surface area (Å²) in [5.74, 6) is -1.64. The standard InChI is InChI=1S/C7H14F3NO/c1-2-5(7(8,9)10)6(12)3-4-11/h5-6,12H,2-4,11H2,1H3. The van der Waals surface area contributed by atoms with Gasteiger partial charge >= 0.3 is 6.18 Å². The minimum Gasteiger partial charge on any atom is -0.392 e. The second kappa shape index (κ2) is 4.67. The first-order valence-corrected chi connectivity index (χ1v) is 3.88. The molecule has 0 fully saturated rings. The molecule has 74 valence electrons. The van der Waals surface area contributed by atoms with Crippen LogP contribution in [0.15, 0.2) is 0 Å². The van der Waals surface area contributed by atoms with E-state index in [1.165, 1.54) is 6.92 Å². The molecule has 5 heteroatoms. The van der Waals surface area contributed by atoms with Gasteiger partial charge < -0.3 is 10.8 Å². The molecule has 2 unspecified atom stereocenters. The van der Waals surface area contributed by atoms with Gasteiger partial charge in [0, 0.05) is 0 Å². The lowest BCUT2D eigenvalue weighted by atomic mass is 9.96. The first kappa shape index (κ1) is 11.7. The van der Waals surface area contributed by atoms with Crippen molar-refractivity contribution in [2.24, 2.45) is 11.7 Å². The highest BCUT2D eigenvalue weighted by atomic mass is 19.4. The molecule has 3 N–H and O–H groups in total. The van der Waals surface area contributed by atoms with Crippen LogP contribution in [0.3, 0.4) is 0 Å². The van der Waals surface area contributed by atoms with Crippen LogP contribution in [0.4, 0.5) is 13.2 Å². The highest BCUT2D eigenvalue weighted by Crippen LogP contribution is 2.32. The van der Waals surface area contributed by atoms with Crippen LogP contribution < -0.4 is 5.73 Å². The van der Waals surface area contributed by atoms with Crippen LogP contribution in [0.2, 0.25) is 0 Å². The molecule has 0 aliphatic rings. The summed E-state index contributed by atoms with van der Waals surface area (Å²) in [4.78, 5) is 0. The van der Waals surface area contributed by atoms with Gasteiger partial charge in [-0.3, -0.25) is 0 Å². The summed E-state index contributed by atoms with van der Waals surface area (Å²) in [5.41, 5.74) is 5.04. The quantitative estimate of drug-likeness (QED) is 0.693. The molecule has 0 aromatic heterocycles. The number of alkyl halides is 3. The van der Waals surface area contributed by atoms with Crippen LogP contribution >= 0.6 is 0 Å². The molecule has 0 aliphatic heterocycles. The molecule has 0 aromatic carbocycles. The van der Waals surface area contributed by atoms with Crippen LogP contribution in [0.1, 0.15) is 19.8 Å². The van der Waals surface area contributed by atoms with E-state index in [1.54, 1.807) is 0 Å². The molecular formula is C7H14F3NO. The van der Waals surface area contributed by atoms with Crippen LogP contribution in [0.5, 0.6) is 0 Å². The first-order valence-electron chi connectivity index (χ1n) is 3.88. The lowest BCUT2D eigenvalue weighted by Crippen LogP contribution is -2.34. The fourth-order valence-corrected chi connectivity index (χ4v) is 1.09. The number of aliphatic hydroxyl groups is 1. The van der Waals surface area contributed by atoms with Gasteiger partial charge in [-0.05, 0) is 19.4 Å². The molecule has 2 nitrogen and oxygen atoms in total. The molecule has 0 heterocycles. The molecular weight excluding hydrogens is 171 g/mol. The van der Waals surface area contributed by atoms with Crippen molar-refractivity contribution in [3.63, 3.8) is 0 Å². The minimum absolute atomic E-state index is 0.00197. The van der Waals surface area contributed by atoms with E-state index in [0.717, 1.165) is 0 Å². The van der Waals surface area contributed by atoms with Crippen LogP contribution in [-0.2, 0) is 0 Å². The minimum atomic E-state index is -4.32. The summed E-state index contributed by atoms with van der Waals surface area (Å²) < 4.78 is 36.3. The Morgan fingerprint density at radius 3 is 2.17 bits per heavy atom. The van der Waals surface area contributed by atoms with E-state index in [1.807, 2.05) is 0 Å². The fourth-order valence-electron chi connectivity index (χ4n) is 1.09. The lowest BCUT2D eigenvalue weighted by molar-refractivity contribution is -0.200. The number of halogens is 3. The summed E-state index contributed by atoms with van der Waals surface area (Å²) in [6.45, 7) is 1.48. The van der Waals surface area contributed by atoms with Gasteiger partial charge in [-0.25, -0.2) is 0 Å². The predicted molar refractivity (Wildman–Crippen MR) is 39.5 cm³/mol. The maximum absolute atomic E-state index is 12.1. The van der Waals surface area contributed by atoms with Crippen molar-refractivity contribution in [2.45, 2.75) is 32.0 Å². The average molecular weight is 185 g/mol. The summed E-state index contributed by atoms with van der Waals surface area (Å²) in [5, 5.41) is 9.04. The van der Waals surface area contributed by atoms with Crippen molar-refractivity contribution in [3.8, 4) is 0 Å². The van der Waals surface area contributed by atoms with E-state index < -0.39 is 18.2 Å². The second-order valence-corrected chi connectivity index (χ2v) is 2.70. The third-order valence-corrected chi connectivity index (χ3v) is 1.79. The van der Waals surface area contributed by atoms with Gasteiger partial charge in [-0.1, -0.05) is 6.92 Å². The molecule has 0 radical (unpaired) electrons. The van der Waals surface area contributed by atoms with E-state index in [-0.39, 0.29) is 19.4 Å². The zero-order valence-electron chi connectivity index (χ0n) is 6.93. The molecule has 0 spiro atoms. The van der Waals surface area contributed by atoms with Gasteiger partial charge in [0.2, 0.25) is 0 Å². The molecule has 0 aromatic rings. The zero-order valence-corrected chi connectivity index (χ0v) is 6.93. The molecule has 0 aliphatic carbocycles. The largest absolute Gasteiger partial charge is 0.394 e. The molecule has 0 rings (SSSR count). The lowest BCUT2D eigenvalue weighted by Gasteiger charge is -2.23. The number of rotatable bonds is 4. The Hall–Kier alpha value is -0.290. The molecule has 2 atom stereocenters. The van der Waals surface area contributed by atoms with Crippen LogP contribution in [0, 0.1) is 5.92 Å². The van der Waals surface area contributed by atoms with Crippen LogP contribution in [0.25, 0.3) is 0 Å². The summed E-state index contributed by atoms with van der Waals surface area (Å²) >= 11 is 0. The third-order valence-electron chi connectivity index (χ3n) is 1.79. The Morgan fingerprint density at radius 2 is 1.92 bits per heavy atom. The van der Waals surface area contributed by atoms with E-state index in [2.05, 4.69) is 0 Å². The van der Waals surface area contributed by atoms with Crippen molar-refractivity contribution in [2.75, 3.05) is 6.54 Å². The topological polar surface area (TPSA) is 46.2 Å². The Morgan fingerprint density at radius 1 is 1.42 bits per heavy atom. The van der Waals surface area contributed by atoms with Gasteiger partial charge in [0.1, 0.15) is 0 Å². The van der Waals surface area contributed by atoms with Gasteiger partial charge in [0.05, 0.1) is 12.0 Å². The summed E-state index contributed by atoms with van der Waals surface area (Å²) in [7, 11) is 0. The average Bonchev–Trinajstić information content (AvgIpc) is 1.85. The van der Waals surface area contributed by atoms with Crippen molar-refractivity contribution in [3.05, 3.63) is 0 Å². The number of hydrogen-bond acceptors (Lipinski definition) is 2. The SMILES string of the molecule is CCC(C(O)CCN)C(F)(F)F. The Kier molecular flexibility index (Phi) is 4.55. The smallest absolute Gasteiger partial charge is 0.392 e. The predicted octanol–water partition coefficient (Wildman–Crippen LogP) is 1.28.